The minimum absolute atomic E-state index is 0.536. The molecular formula is C19H16N4OS2. The van der Waals surface area contributed by atoms with Crippen LogP contribution in [0.15, 0.2) is 54.6 Å². The van der Waals surface area contributed by atoms with Crippen LogP contribution in [-0.4, -0.2) is 17.2 Å². The number of para-hydroxylation sites is 1. The van der Waals surface area contributed by atoms with E-state index >= 15 is 0 Å². The molecule has 3 aromatic rings. The quantitative estimate of drug-likeness (QED) is 0.571. The van der Waals surface area contributed by atoms with Crippen molar-refractivity contribution < 1.29 is 4.74 Å². The van der Waals surface area contributed by atoms with Crippen LogP contribution in [0.4, 0.5) is 16.6 Å². The normalized spacial score (nSPS) is 14.3. The van der Waals surface area contributed by atoms with Gasteiger partial charge in [0.1, 0.15) is 5.75 Å². The third kappa shape index (κ3) is 3.54. The molecule has 0 unspecified atom stereocenters. The summed E-state index contributed by atoms with van der Waals surface area (Å²) in [4.78, 5) is 5.63. The average Bonchev–Trinajstić information content (AvgIpc) is 3.05. The van der Waals surface area contributed by atoms with Crippen molar-refractivity contribution in [3.05, 3.63) is 65.0 Å². The van der Waals surface area contributed by atoms with Gasteiger partial charge in [0, 0.05) is 5.69 Å². The zero-order valence-electron chi connectivity index (χ0n) is 13.9. The molecule has 0 atom stereocenters. The minimum atomic E-state index is 0.536. The van der Waals surface area contributed by atoms with Gasteiger partial charge in [-0.15, -0.1) is 0 Å². The average molecular weight is 380 g/mol. The highest BCUT2D eigenvalue weighted by molar-refractivity contribution is 7.80. The van der Waals surface area contributed by atoms with Crippen molar-refractivity contribution in [2.45, 2.75) is 0 Å². The fourth-order valence-electron chi connectivity index (χ4n) is 2.57. The SMILES string of the molecule is COc1ccc(C=C2NC(=S)Nc3nc(Nc4ccccc4)sc32)cc1. The molecule has 2 heterocycles. The Morgan fingerprint density at radius 3 is 2.58 bits per heavy atom. The molecule has 0 bridgehead atoms. The zero-order valence-corrected chi connectivity index (χ0v) is 15.6. The highest BCUT2D eigenvalue weighted by Gasteiger charge is 2.22. The van der Waals surface area contributed by atoms with Crippen molar-refractivity contribution in [3.63, 3.8) is 0 Å². The highest BCUT2D eigenvalue weighted by atomic mass is 32.1. The molecule has 26 heavy (non-hydrogen) atoms. The number of benzene rings is 2. The molecule has 3 N–H and O–H groups in total. The van der Waals surface area contributed by atoms with Gasteiger partial charge in [-0.3, -0.25) is 0 Å². The second kappa shape index (κ2) is 7.15. The molecule has 1 aliphatic rings. The molecule has 5 nitrogen and oxygen atoms in total. The largest absolute Gasteiger partial charge is 0.497 e. The molecular weight excluding hydrogens is 364 g/mol. The Bertz CT molecular complexity index is 965. The van der Waals surface area contributed by atoms with Gasteiger partial charge >= 0.3 is 0 Å². The Balaban J connectivity index is 1.66. The van der Waals surface area contributed by atoms with Crippen LogP contribution in [0.5, 0.6) is 5.75 Å². The van der Waals surface area contributed by atoms with E-state index in [0.29, 0.717) is 5.11 Å². The van der Waals surface area contributed by atoms with Crippen LogP contribution in [-0.2, 0) is 0 Å². The number of anilines is 3. The fraction of sp³-hybridized carbons (Fsp3) is 0.0526. The molecule has 0 saturated carbocycles. The van der Waals surface area contributed by atoms with Crippen LogP contribution < -0.4 is 20.7 Å². The molecule has 1 aromatic heterocycles. The first-order valence-corrected chi connectivity index (χ1v) is 9.21. The van der Waals surface area contributed by atoms with Crippen LogP contribution in [0.2, 0.25) is 0 Å². The van der Waals surface area contributed by atoms with E-state index in [4.69, 9.17) is 17.0 Å². The molecule has 0 saturated heterocycles. The van der Waals surface area contributed by atoms with Crippen LogP contribution in [0.25, 0.3) is 11.8 Å². The predicted molar refractivity (Wildman–Crippen MR) is 112 cm³/mol. The summed E-state index contributed by atoms with van der Waals surface area (Å²) in [6.45, 7) is 0. The number of nitrogens with zero attached hydrogens (tertiary/aromatic N) is 1. The number of thiocarbonyl (C=S) groups is 1. The van der Waals surface area contributed by atoms with Gasteiger partial charge in [0.15, 0.2) is 16.1 Å². The van der Waals surface area contributed by atoms with E-state index in [-0.39, 0.29) is 0 Å². The van der Waals surface area contributed by atoms with Crippen molar-refractivity contribution in [2.75, 3.05) is 17.7 Å². The number of hydrogen-bond acceptors (Lipinski definition) is 5. The van der Waals surface area contributed by atoms with Crippen molar-refractivity contribution in [1.82, 2.24) is 10.3 Å². The molecule has 4 rings (SSSR count). The molecule has 1 aliphatic heterocycles. The van der Waals surface area contributed by atoms with Gasteiger partial charge in [-0.05, 0) is 48.1 Å². The first-order valence-electron chi connectivity index (χ1n) is 7.98. The van der Waals surface area contributed by atoms with Crippen molar-refractivity contribution in [3.8, 4) is 5.75 Å². The third-order valence-corrected chi connectivity index (χ3v) is 5.01. The number of ether oxygens (including phenoxy) is 1. The summed E-state index contributed by atoms with van der Waals surface area (Å²) in [5, 5.41) is 11.0. The number of thiazole rings is 1. The molecule has 0 fully saturated rings. The number of rotatable bonds is 4. The van der Waals surface area contributed by atoms with E-state index in [0.717, 1.165) is 38.5 Å². The lowest BCUT2D eigenvalue weighted by atomic mass is 10.1. The topological polar surface area (TPSA) is 58.2 Å². The molecule has 7 heteroatoms. The van der Waals surface area contributed by atoms with E-state index in [1.807, 2.05) is 54.6 Å². The maximum absolute atomic E-state index is 5.31. The number of methoxy groups -OCH3 is 1. The van der Waals surface area contributed by atoms with Crippen molar-refractivity contribution in [2.24, 2.45) is 0 Å². The number of fused-ring (bicyclic) bond motifs is 1. The second-order valence-corrected chi connectivity index (χ2v) is 7.01. The van der Waals surface area contributed by atoms with Crippen molar-refractivity contribution in [1.29, 1.82) is 0 Å². The van der Waals surface area contributed by atoms with E-state index in [2.05, 4.69) is 27.0 Å². The summed E-state index contributed by atoms with van der Waals surface area (Å²) in [5.74, 6) is 1.59. The van der Waals surface area contributed by atoms with E-state index in [9.17, 15) is 0 Å². The lowest BCUT2D eigenvalue weighted by Gasteiger charge is -2.18. The standard InChI is InChI=1S/C19H16N4OS2/c1-24-14-9-7-12(8-10-14)11-15-16-17(22-18(25)21-15)23-19(26-16)20-13-5-3-2-4-6-13/h2-11H,1H3,(H,20,23)(H2,21,22,25). The monoisotopic (exact) mass is 380 g/mol. The molecule has 130 valence electrons. The Labute approximate surface area is 160 Å². The van der Waals surface area contributed by atoms with E-state index in [1.54, 1.807) is 18.4 Å². The molecule has 0 aliphatic carbocycles. The Morgan fingerprint density at radius 2 is 1.85 bits per heavy atom. The van der Waals surface area contributed by atoms with Gasteiger partial charge in [-0.1, -0.05) is 41.7 Å². The maximum atomic E-state index is 5.31. The van der Waals surface area contributed by atoms with Gasteiger partial charge in [0.05, 0.1) is 17.7 Å². The zero-order chi connectivity index (χ0) is 17.9. The van der Waals surface area contributed by atoms with Gasteiger partial charge in [0.25, 0.3) is 0 Å². The first-order chi connectivity index (χ1) is 12.7. The molecule has 2 aromatic carbocycles. The summed E-state index contributed by atoms with van der Waals surface area (Å²) in [7, 11) is 1.66. The molecule has 0 amide bonds. The van der Waals surface area contributed by atoms with Crippen LogP contribution >= 0.6 is 23.6 Å². The summed E-state index contributed by atoms with van der Waals surface area (Å²) in [5.41, 5.74) is 2.97. The minimum Gasteiger partial charge on any atom is -0.497 e. The van der Waals surface area contributed by atoms with E-state index < -0.39 is 0 Å². The van der Waals surface area contributed by atoms with Crippen LogP contribution in [0, 0.1) is 0 Å². The smallest absolute Gasteiger partial charge is 0.189 e. The number of aromatic nitrogens is 1. The first kappa shape index (κ1) is 16.6. The van der Waals surface area contributed by atoms with Crippen LogP contribution in [0.3, 0.4) is 0 Å². The van der Waals surface area contributed by atoms with Gasteiger partial charge < -0.3 is 20.7 Å². The van der Waals surface area contributed by atoms with Crippen molar-refractivity contribution >= 4 is 57.1 Å². The lowest BCUT2D eigenvalue weighted by molar-refractivity contribution is 0.415. The third-order valence-electron chi connectivity index (χ3n) is 3.80. The Morgan fingerprint density at radius 1 is 1.08 bits per heavy atom. The fourth-order valence-corrected chi connectivity index (χ4v) is 3.69. The number of nitrogens with one attached hydrogen (secondary N) is 3. The summed E-state index contributed by atoms with van der Waals surface area (Å²) in [6, 6.07) is 17.8. The summed E-state index contributed by atoms with van der Waals surface area (Å²) >= 11 is 6.88. The Kier molecular flexibility index (Phi) is 4.55. The molecule has 0 radical (unpaired) electrons. The van der Waals surface area contributed by atoms with Crippen LogP contribution in [0.1, 0.15) is 10.4 Å². The Hall–Kier alpha value is -2.90. The second-order valence-electron chi connectivity index (χ2n) is 5.60. The van der Waals surface area contributed by atoms with Gasteiger partial charge in [-0.25, -0.2) is 4.98 Å². The van der Waals surface area contributed by atoms with E-state index in [1.165, 1.54) is 0 Å². The molecule has 0 spiro atoms. The summed E-state index contributed by atoms with van der Waals surface area (Å²) < 4.78 is 5.21. The lowest BCUT2D eigenvalue weighted by Crippen LogP contribution is -2.31. The van der Waals surface area contributed by atoms with Gasteiger partial charge in [0.2, 0.25) is 0 Å². The van der Waals surface area contributed by atoms with Gasteiger partial charge in [-0.2, -0.15) is 0 Å². The predicted octanol–water partition coefficient (Wildman–Crippen LogP) is 4.69. The summed E-state index contributed by atoms with van der Waals surface area (Å²) in [6.07, 6.45) is 2.05. The maximum Gasteiger partial charge on any atom is 0.189 e. The number of hydrogen-bond donors (Lipinski definition) is 3. The highest BCUT2D eigenvalue weighted by Crippen LogP contribution is 2.36.